The molecule has 0 radical (unpaired) electrons. The second-order valence-corrected chi connectivity index (χ2v) is 9.57. The van der Waals surface area contributed by atoms with Crippen LogP contribution in [-0.2, 0) is 4.79 Å². The molecular formula is C23H32Cl2N4O. The molecule has 1 saturated heterocycles. The van der Waals surface area contributed by atoms with Crippen molar-refractivity contribution in [3.8, 4) is 0 Å². The molecule has 2 aliphatic rings. The largest absolute Gasteiger partial charge is 0.353 e. The monoisotopic (exact) mass is 450 g/mol. The van der Waals surface area contributed by atoms with E-state index in [1.807, 2.05) is 12.1 Å². The summed E-state index contributed by atoms with van der Waals surface area (Å²) in [6, 6.07) is 4.55. The lowest BCUT2D eigenvalue weighted by atomic mass is 9.95. The Hall–Kier alpha value is -1.46. The molecule has 1 saturated carbocycles. The summed E-state index contributed by atoms with van der Waals surface area (Å²) >= 11 is 12.6. The van der Waals surface area contributed by atoms with Crippen LogP contribution in [-0.4, -0.2) is 34.6 Å². The second-order valence-electron chi connectivity index (χ2n) is 8.76. The van der Waals surface area contributed by atoms with E-state index in [9.17, 15) is 4.79 Å². The van der Waals surface area contributed by atoms with Crippen LogP contribution in [0.3, 0.4) is 0 Å². The quantitative estimate of drug-likeness (QED) is 0.588. The van der Waals surface area contributed by atoms with Gasteiger partial charge in [-0.2, -0.15) is 0 Å². The number of piperidine rings is 1. The third kappa shape index (κ3) is 4.29. The molecule has 164 valence electrons. The number of imidazole rings is 1. The Morgan fingerprint density at radius 2 is 1.73 bits per heavy atom. The van der Waals surface area contributed by atoms with Gasteiger partial charge in [0, 0.05) is 31.1 Å². The Balaban J connectivity index is 1.54. The Morgan fingerprint density at radius 3 is 2.37 bits per heavy atom. The Morgan fingerprint density at radius 1 is 1.10 bits per heavy atom. The third-order valence-corrected chi connectivity index (χ3v) is 7.59. The fraction of sp³-hybridized carbons (Fsp3) is 0.652. The number of benzene rings is 1. The Labute approximate surface area is 189 Å². The van der Waals surface area contributed by atoms with Crippen molar-refractivity contribution in [2.45, 2.75) is 77.3 Å². The van der Waals surface area contributed by atoms with Crippen molar-refractivity contribution in [2.75, 3.05) is 18.0 Å². The molecule has 1 aliphatic heterocycles. The highest BCUT2D eigenvalue weighted by Crippen LogP contribution is 2.36. The molecule has 2 fully saturated rings. The van der Waals surface area contributed by atoms with E-state index in [2.05, 4.69) is 28.6 Å². The van der Waals surface area contributed by atoms with Crippen LogP contribution in [0.1, 0.15) is 71.3 Å². The van der Waals surface area contributed by atoms with Crippen LogP contribution in [0.5, 0.6) is 0 Å². The van der Waals surface area contributed by atoms with Gasteiger partial charge in [-0.25, -0.2) is 4.98 Å². The average Bonchev–Trinajstić information content (AvgIpc) is 3.38. The molecule has 2 heterocycles. The van der Waals surface area contributed by atoms with E-state index in [1.165, 1.54) is 12.8 Å². The van der Waals surface area contributed by atoms with Gasteiger partial charge in [0.25, 0.3) is 0 Å². The van der Waals surface area contributed by atoms with Crippen LogP contribution in [0.2, 0.25) is 10.0 Å². The molecule has 5 nitrogen and oxygen atoms in total. The molecule has 1 amide bonds. The minimum absolute atomic E-state index is 0.108. The van der Waals surface area contributed by atoms with Gasteiger partial charge < -0.3 is 14.8 Å². The second kappa shape index (κ2) is 9.35. The number of nitrogens with zero attached hydrogens (tertiary/aromatic N) is 3. The average molecular weight is 451 g/mol. The summed E-state index contributed by atoms with van der Waals surface area (Å²) in [5.74, 6) is 1.33. The molecule has 0 unspecified atom stereocenters. The van der Waals surface area contributed by atoms with E-state index in [0.717, 1.165) is 68.6 Å². The van der Waals surface area contributed by atoms with E-state index >= 15 is 0 Å². The van der Waals surface area contributed by atoms with Crippen molar-refractivity contribution < 1.29 is 4.79 Å². The highest BCUT2D eigenvalue weighted by atomic mass is 35.5. The molecule has 1 aromatic heterocycles. The first-order valence-corrected chi connectivity index (χ1v) is 12.2. The molecule has 0 spiro atoms. The van der Waals surface area contributed by atoms with Crippen LogP contribution >= 0.6 is 23.2 Å². The highest BCUT2D eigenvalue weighted by Gasteiger charge is 2.30. The molecule has 1 N–H and O–H groups in total. The lowest BCUT2D eigenvalue weighted by Crippen LogP contribution is -2.44. The minimum atomic E-state index is 0.108. The number of carbonyl (C=O) groups excluding carboxylic acids is 1. The summed E-state index contributed by atoms with van der Waals surface area (Å²) in [4.78, 5) is 20.0. The first-order valence-electron chi connectivity index (χ1n) is 11.4. The van der Waals surface area contributed by atoms with Crippen molar-refractivity contribution in [1.29, 1.82) is 0 Å². The summed E-state index contributed by atoms with van der Waals surface area (Å²) in [5.41, 5.74) is 1.92. The van der Waals surface area contributed by atoms with Gasteiger partial charge in [0.1, 0.15) is 0 Å². The number of hydrogen-bond acceptors (Lipinski definition) is 3. The standard InChI is InChI=1S/C23H32Cl2N4O/c1-3-17(4-2)29-21-14-19(25)18(24)13-20(21)27-23(29)28-11-9-15(10-12-28)22(30)26-16-7-5-6-8-16/h13-17H,3-12H2,1-2H3,(H,26,30). The third-order valence-electron chi connectivity index (χ3n) is 6.87. The first kappa shape index (κ1) is 21.8. The van der Waals surface area contributed by atoms with Gasteiger partial charge in [-0.05, 0) is 50.7 Å². The Kier molecular flexibility index (Phi) is 6.78. The van der Waals surface area contributed by atoms with Gasteiger partial charge in [0.15, 0.2) is 0 Å². The van der Waals surface area contributed by atoms with Crippen LogP contribution in [0.25, 0.3) is 11.0 Å². The molecule has 0 atom stereocenters. The minimum Gasteiger partial charge on any atom is -0.353 e. The smallest absolute Gasteiger partial charge is 0.223 e. The maximum atomic E-state index is 12.7. The van der Waals surface area contributed by atoms with E-state index < -0.39 is 0 Å². The molecule has 2 aromatic rings. The molecular weight excluding hydrogens is 419 g/mol. The summed E-state index contributed by atoms with van der Waals surface area (Å²) < 4.78 is 2.33. The van der Waals surface area contributed by atoms with Crippen LogP contribution < -0.4 is 10.2 Å². The molecule has 30 heavy (non-hydrogen) atoms. The fourth-order valence-electron chi connectivity index (χ4n) is 5.05. The maximum absolute atomic E-state index is 12.7. The number of amides is 1. The predicted molar refractivity (Wildman–Crippen MR) is 125 cm³/mol. The fourth-order valence-corrected chi connectivity index (χ4v) is 5.36. The van der Waals surface area contributed by atoms with Crippen molar-refractivity contribution in [3.63, 3.8) is 0 Å². The number of fused-ring (bicyclic) bond motifs is 1. The Bertz CT molecular complexity index is 894. The van der Waals surface area contributed by atoms with Gasteiger partial charge in [-0.15, -0.1) is 0 Å². The molecule has 0 bridgehead atoms. The number of hydrogen-bond donors (Lipinski definition) is 1. The SMILES string of the molecule is CCC(CC)n1c(N2CCC(C(=O)NC3CCCC3)CC2)nc2cc(Cl)c(Cl)cc21. The van der Waals surface area contributed by atoms with E-state index in [0.29, 0.717) is 22.1 Å². The van der Waals surface area contributed by atoms with E-state index in [4.69, 9.17) is 28.2 Å². The maximum Gasteiger partial charge on any atom is 0.223 e. The zero-order valence-corrected chi connectivity index (χ0v) is 19.5. The zero-order chi connectivity index (χ0) is 21.3. The van der Waals surface area contributed by atoms with Crippen LogP contribution in [0.15, 0.2) is 12.1 Å². The van der Waals surface area contributed by atoms with Crippen molar-refractivity contribution in [2.24, 2.45) is 5.92 Å². The number of carbonyl (C=O) groups is 1. The summed E-state index contributed by atoms with van der Waals surface area (Å²) in [7, 11) is 0. The predicted octanol–water partition coefficient (Wildman–Crippen LogP) is 5.98. The molecule has 4 rings (SSSR count). The van der Waals surface area contributed by atoms with Gasteiger partial charge in [-0.1, -0.05) is 49.9 Å². The number of halogens is 2. The summed E-state index contributed by atoms with van der Waals surface area (Å²) in [6.07, 6.45) is 8.53. The van der Waals surface area contributed by atoms with Crippen LogP contribution in [0, 0.1) is 5.92 Å². The highest BCUT2D eigenvalue weighted by molar-refractivity contribution is 6.42. The number of nitrogens with one attached hydrogen (secondary N) is 1. The number of anilines is 1. The number of rotatable bonds is 6. The van der Waals surface area contributed by atoms with Crippen molar-refractivity contribution in [1.82, 2.24) is 14.9 Å². The topological polar surface area (TPSA) is 50.2 Å². The van der Waals surface area contributed by atoms with Gasteiger partial charge in [0.2, 0.25) is 11.9 Å². The summed E-state index contributed by atoms with van der Waals surface area (Å²) in [6.45, 7) is 6.10. The van der Waals surface area contributed by atoms with Crippen molar-refractivity contribution in [3.05, 3.63) is 22.2 Å². The van der Waals surface area contributed by atoms with E-state index in [-0.39, 0.29) is 11.8 Å². The normalized spacial score (nSPS) is 18.6. The lowest BCUT2D eigenvalue weighted by Gasteiger charge is -2.34. The molecule has 7 heteroatoms. The number of aromatic nitrogens is 2. The van der Waals surface area contributed by atoms with Gasteiger partial charge in [0.05, 0.1) is 21.1 Å². The molecule has 1 aromatic carbocycles. The van der Waals surface area contributed by atoms with Crippen LogP contribution in [0.4, 0.5) is 5.95 Å². The van der Waals surface area contributed by atoms with Crippen molar-refractivity contribution >= 4 is 46.1 Å². The van der Waals surface area contributed by atoms with Gasteiger partial charge in [-0.3, -0.25) is 4.79 Å². The lowest BCUT2D eigenvalue weighted by molar-refractivity contribution is -0.126. The summed E-state index contributed by atoms with van der Waals surface area (Å²) in [5, 5.41) is 4.37. The molecule has 1 aliphatic carbocycles. The van der Waals surface area contributed by atoms with Gasteiger partial charge >= 0.3 is 0 Å². The zero-order valence-electron chi connectivity index (χ0n) is 18.0. The first-order chi connectivity index (χ1) is 14.5. The van der Waals surface area contributed by atoms with E-state index in [1.54, 1.807) is 0 Å².